The van der Waals surface area contributed by atoms with E-state index in [-0.39, 0.29) is 39.9 Å². The molecule has 220 valence electrons. The molecule has 0 saturated heterocycles. The van der Waals surface area contributed by atoms with Crippen molar-refractivity contribution in [2.75, 3.05) is 5.32 Å². The molecule has 0 saturated carbocycles. The van der Waals surface area contributed by atoms with E-state index in [1.165, 1.54) is 12.1 Å². The molecule has 0 aliphatic heterocycles. The van der Waals surface area contributed by atoms with Gasteiger partial charge < -0.3 is 10.1 Å². The Morgan fingerprint density at radius 3 is 2.44 bits per heavy atom. The molecular weight excluding hydrogens is 631 g/mol. The standard InChI is InChI=1S/C30H23BrF3N5O4/c1-16(2)23-9-4-17(3)10-26(23)43-22-12-20(11-21(13-22)39(41)42)36-29(40)24-15-35-38-27(30(32,33)34)14-25(37-28(24)38)18-5-7-19(31)8-6-18/h4-16H,1-3H3,(H,36,40). The van der Waals surface area contributed by atoms with Gasteiger partial charge in [-0.3, -0.25) is 14.9 Å². The summed E-state index contributed by atoms with van der Waals surface area (Å²) in [5.74, 6) is -0.180. The maximum absolute atomic E-state index is 14.0. The van der Waals surface area contributed by atoms with Gasteiger partial charge in [0.1, 0.15) is 17.1 Å². The SMILES string of the molecule is Cc1ccc(C(C)C)c(Oc2cc(NC(=O)c3cnn4c(C(F)(F)F)cc(-c5ccc(Br)cc5)nc34)cc([N+](=O)[O-])c2)c1. The molecule has 43 heavy (non-hydrogen) atoms. The maximum Gasteiger partial charge on any atom is 0.433 e. The van der Waals surface area contributed by atoms with Crippen molar-refractivity contribution in [1.29, 1.82) is 0 Å². The highest BCUT2D eigenvalue weighted by molar-refractivity contribution is 9.10. The lowest BCUT2D eigenvalue weighted by molar-refractivity contribution is -0.384. The van der Waals surface area contributed by atoms with E-state index in [0.29, 0.717) is 15.8 Å². The molecule has 0 bridgehead atoms. The number of nitro groups is 1. The molecule has 1 amide bonds. The number of carbonyl (C=O) groups excluding carboxylic acids is 1. The molecule has 2 aromatic heterocycles. The summed E-state index contributed by atoms with van der Waals surface area (Å²) in [5, 5.41) is 18.0. The molecule has 9 nitrogen and oxygen atoms in total. The third-order valence-corrected chi connectivity index (χ3v) is 7.05. The summed E-state index contributed by atoms with van der Waals surface area (Å²) in [6, 6.07) is 16.7. The van der Waals surface area contributed by atoms with Crippen LogP contribution in [0.2, 0.25) is 0 Å². The van der Waals surface area contributed by atoms with Gasteiger partial charge in [-0.05, 0) is 48.2 Å². The number of non-ortho nitro benzene ring substituents is 1. The number of nitrogens with zero attached hydrogens (tertiary/aromatic N) is 4. The number of anilines is 1. The molecule has 0 aliphatic carbocycles. The Labute approximate surface area is 251 Å². The number of rotatable bonds is 7. The van der Waals surface area contributed by atoms with Gasteiger partial charge in [-0.2, -0.15) is 18.3 Å². The van der Waals surface area contributed by atoms with Crippen molar-refractivity contribution in [2.24, 2.45) is 0 Å². The Morgan fingerprint density at radius 2 is 1.79 bits per heavy atom. The first-order valence-electron chi connectivity index (χ1n) is 12.9. The molecule has 0 spiro atoms. The predicted molar refractivity (Wildman–Crippen MR) is 158 cm³/mol. The summed E-state index contributed by atoms with van der Waals surface area (Å²) in [7, 11) is 0. The number of fused-ring (bicyclic) bond motifs is 1. The highest BCUT2D eigenvalue weighted by Crippen LogP contribution is 2.36. The Bertz CT molecular complexity index is 1870. The number of hydrogen-bond acceptors (Lipinski definition) is 6. The van der Waals surface area contributed by atoms with Crippen LogP contribution in [-0.2, 0) is 6.18 Å². The van der Waals surface area contributed by atoms with Crippen molar-refractivity contribution in [3.8, 4) is 22.8 Å². The number of nitrogens with one attached hydrogen (secondary N) is 1. The highest BCUT2D eigenvalue weighted by atomic mass is 79.9. The fraction of sp³-hybridized carbons (Fsp3) is 0.167. The molecule has 0 fully saturated rings. The van der Waals surface area contributed by atoms with E-state index in [4.69, 9.17) is 4.74 Å². The van der Waals surface area contributed by atoms with Gasteiger partial charge in [-0.25, -0.2) is 9.50 Å². The van der Waals surface area contributed by atoms with Crippen LogP contribution in [0, 0.1) is 17.0 Å². The van der Waals surface area contributed by atoms with E-state index in [2.05, 4.69) is 31.3 Å². The lowest BCUT2D eigenvalue weighted by atomic mass is 10.0. The largest absolute Gasteiger partial charge is 0.457 e. The number of aromatic nitrogens is 3. The first kappa shape index (κ1) is 29.7. The lowest BCUT2D eigenvalue weighted by Gasteiger charge is -2.15. The van der Waals surface area contributed by atoms with Crippen LogP contribution in [0.3, 0.4) is 0 Å². The van der Waals surface area contributed by atoms with Gasteiger partial charge >= 0.3 is 6.18 Å². The van der Waals surface area contributed by atoms with Crippen LogP contribution >= 0.6 is 15.9 Å². The highest BCUT2D eigenvalue weighted by Gasteiger charge is 2.36. The first-order valence-corrected chi connectivity index (χ1v) is 13.7. The molecule has 0 radical (unpaired) electrons. The minimum atomic E-state index is -4.80. The number of carbonyl (C=O) groups is 1. The summed E-state index contributed by atoms with van der Waals surface area (Å²) in [6.45, 7) is 5.84. The van der Waals surface area contributed by atoms with Crippen LogP contribution in [0.5, 0.6) is 11.5 Å². The van der Waals surface area contributed by atoms with Crippen LogP contribution in [0.1, 0.15) is 46.9 Å². The topological polar surface area (TPSA) is 112 Å². The van der Waals surface area contributed by atoms with Crippen LogP contribution < -0.4 is 10.1 Å². The van der Waals surface area contributed by atoms with Gasteiger partial charge in [0.05, 0.1) is 28.6 Å². The van der Waals surface area contributed by atoms with Crippen molar-refractivity contribution >= 4 is 38.9 Å². The van der Waals surface area contributed by atoms with Crippen molar-refractivity contribution in [3.05, 3.63) is 110 Å². The van der Waals surface area contributed by atoms with Gasteiger partial charge in [-0.1, -0.05) is 54.0 Å². The number of ether oxygens (including phenoxy) is 1. The van der Waals surface area contributed by atoms with E-state index in [1.807, 2.05) is 32.9 Å². The molecule has 0 unspecified atom stereocenters. The van der Waals surface area contributed by atoms with E-state index < -0.39 is 22.7 Å². The molecule has 5 aromatic rings. The van der Waals surface area contributed by atoms with E-state index in [1.54, 1.807) is 30.3 Å². The van der Waals surface area contributed by atoms with Gasteiger partial charge in [0.25, 0.3) is 11.6 Å². The van der Waals surface area contributed by atoms with Crippen molar-refractivity contribution < 1.29 is 27.6 Å². The smallest absolute Gasteiger partial charge is 0.433 e. The number of hydrogen-bond donors (Lipinski definition) is 1. The van der Waals surface area contributed by atoms with Crippen LogP contribution in [0.25, 0.3) is 16.9 Å². The fourth-order valence-electron chi connectivity index (χ4n) is 4.45. The molecule has 13 heteroatoms. The maximum atomic E-state index is 14.0. The zero-order valence-corrected chi connectivity index (χ0v) is 24.5. The van der Waals surface area contributed by atoms with Crippen molar-refractivity contribution in [1.82, 2.24) is 14.6 Å². The molecular formula is C30H23BrF3N5O4. The molecule has 0 aliphatic rings. The summed E-state index contributed by atoms with van der Waals surface area (Å²) in [6.07, 6.45) is -3.84. The average molecular weight is 654 g/mol. The second-order valence-electron chi connectivity index (χ2n) is 10.0. The quantitative estimate of drug-likeness (QED) is 0.139. The molecule has 0 atom stereocenters. The Morgan fingerprint density at radius 1 is 1.07 bits per heavy atom. The van der Waals surface area contributed by atoms with E-state index in [0.717, 1.165) is 33.9 Å². The first-order chi connectivity index (χ1) is 20.3. The number of nitro benzene ring substituents is 1. The summed E-state index contributed by atoms with van der Waals surface area (Å²) < 4.78 is 49.3. The Kier molecular flexibility index (Phi) is 7.93. The summed E-state index contributed by atoms with van der Waals surface area (Å²) >= 11 is 3.29. The summed E-state index contributed by atoms with van der Waals surface area (Å²) in [4.78, 5) is 28.8. The van der Waals surface area contributed by atoms with E-state index in [9.17, 15) is 28.1 Å². The Hall–Kier alpha value is -4.78. The monoisotopic (exact) mass is 653 g/mol. The van der Waals surface area contributed by atoms with Gasteiger partial charge in [0, 0.05) is 22.2 Å². The molecule has 5 rings (SSSR count). The number of alkyl halides is 3. The number of halogens is 4. The lowest BCUT2D eigenvalue weighted by Crippen LogP contribution is -2.16. The third-order valence-electron chi connectivity index (χ3n) is 6.53. The zero-order chi connectivity index (χ0) is 31.1. The van der Waals surface area contributed by atoms with E-state index >= 15 is 0 Å². The van der Waals surface area contributed by atoms with Crippen molar-refractivity contribution in [3.63, 3.8) is 0 Å². The number of aryl methyl sites for hydroxylation is 1. The second-order valence-corrected chi connectivity index (χ2v) is 11.0. The van der Waals surface area contributed by atoms with Gasteiger partial charge in [-0.15, -0.1) is 0 Å². The fourth-order valence-corrected chi connectivity index (χ4v) is 4.71. The van der Waals surface area contributed by atoms with Crippen LogP contribution in [-0.4, -0.2) is 25.4 Å². The minimum Gasteiger partial charge on any atom is -0.457 e. The second kappa shape index (κ2) is 11.5. The van der Waals surface area contributed by atoms with Gasteiger partial charge in [0.2, 0.25) is 0 Å². The number of benzene rings is 3. The molecule has 1 N–H and O–H groups in total. The predicted octanol–water partition coefficient (Wildman–Crippen LogP) is 8.56. The normalized spacial score (nSPS) is 11.6. The summed E-state index contributed by atoms with van der Waals surface area (Å²) in [5.41, 5.74) is 0.0659. The average Bonchev–Trinajstić information content (AvgIpc) is 3.36. The third kappa shape index (κ3) is 6.36. The van der Waals surface area contributed by atoms with Crippen LogP contribution in [0.4, 0.5) is 24.5 Å². The molecule has 2 heterocycles. The van der Waals surface area contributed by atoms with Gasteiger partial charge in [0.15, 0.2) is 11.3 Å². The number of amides is 1. The van der Waals surface area contributed by atoms with Crippen molar-refractivity contribution in [2.45, 2.75) is 32.9 Å². The molecule has 3 aromatic carbocycles. The van der Waals surface area contributed by atoms with Crippen LogP contribution in [0.15, 0.2) is 77.4 Å². The minimum absolute atomic E-state index is 0.00703. The zero-order valence-electron chi connectivity index (χ0n) is 22.9. The Balaban J connectivity index is 1.54.